The van der Waals surface area contributed by atoms with E-state index < -0.39 is 57.3 Å². The average Bonchev–Trinajstić information content (AvgIpc) is 3.39. The minimum absolute atomic E-state index is 0.0388. The first-order chi connectivity index (χ1) is 20.6. The van der Waals surface area contributed by atoms with Crippen LogP contribution in [0, 0.1) is 0 Å². The summed E-state index contributed by atoms with van der Waals surface area (Å²) >= 11 is 0. The first kappa shape index (κ1) is 30.4. The second kappa shape index (κ2) is 12.6. The smallest absolute Gasteiger partial charge is 0.387 e. The second-order valence-electron chi connectivity index (χ2n) is 10.4. The Balaban J connectivity index is 1.37. The van der Waals surface area contributed by atoms with Gasteiger partial charge in [0.2, 0.25) is 11.7 Å². The number of aromatic nitrogens is 1. The minimum atomic E-state index is -4.21. The lowest BCUT2D eigenvalue weighted by molar-refractivity contribution is -0.124. The fourth-order valence-corrected chi connectivity index (χ4v) is 6.58. The van der Waals surface area contributed by atoms with E-state index in [-0.39, 0.29) is 56.3 Å². The fraction of sp³-hybridized carbons (Fsp3) is 0.429. The Labute approximate surface area is 245 Å². The topological polar surface area (TPSA) is 157 Å². The van der Waals surface area contributed by atoms with Crippen LogP contribution in [0.5, 0.6) is 5.75 Å². The second-order valence-corrected chi connectivity index (χ2v) is 12.5. The third-order valence-electron chi connectivity index (χ3n) is 7.39. The van der Waals surface area contributed by atoms with Gasteiger partial charge >= 0.3 is 12.6 Å². The molecule has 1 aromatic heterocycles. The van der Waals surface area contributed by atoms with Gasteiger partial charge in [0.15, 0.2) is 15.4 Å². The maximum atomic E-state index is 13.7. The summed E-state index contributed by atoms with van der Waals surface area (Å²) in [7, 11) is -4.21. The van der Waals surface area contributed by atoms with E-state index in [4.69, 9.17) is 9.15 Å². The number of carbonyl (C=O) groups excluding carboxylic acids is 3. The van der Waals surface area contributed by atoms with Gasteiger partial charge in [-0.15, -0.1) is 0 Å². The maximum Gasteiger partial charge on any atom is 0.387 e. The average molecular weight is 621 g/mol. The minimum Gasteiger partial charge on any atom is -0.435 e. The summed E-state index contributed by atoms with van der Waals surface area (Å²) in [6, 6.07) is 9.89. The van der Waals surface area contributed by atoms with E-state index in [1.54, 1.807) is 24.3 Å². The van der Waals surface area contributed by atoms with Crippen molar-refractivity contribution in [2.45, 2.75) is 43.2 Å². The number of para-hydroxylation sites is 3. The van der Waals surface area contributed by atoms with E-state index in [1.165, 1.54) is 29.2 Å². The number of rotatable bonds is 11. The number of ether oxygens (including phenoxy) is 2. The molecule has 1 saturated carbocycles. The van der Waals surface area contributed by atoms with Crippen LogP contribution in [0.2, 0.25) is 0 Å². The molecule has 0 bridgehead atoms. The Morgan fingerprint density at radius 2 is 1.74 bits per heavy atom. The zero-order valence-electron chi connectivity index (χ0n) is 23.0. The standard InChI is InChI=1S/C28H30F2N4O8S/c29-26(30)42-21-8-3-1-6-18(21)16-43(38,39)17-20(32-27(37)34-12-14-40-15-13-34)24(36)33-28(10-5-11-28)23(35)25-31-19-7-2-4-9-22(19)41-25/h1-4,6-9,20,26H,5,10-17H2,(H,32,37)(H,33,36). The number of urea groups is 1. The van der Waals surface area contributed by atoms with Gasteiger partial charge in [0, 0.05) is 18.7 Å². The highest BCUT2D eigenvalue weighted by Gasteiger charge is 2.49. The van der Waals surface area contributed by atoms with Crippen molar-refractivity contribution in [1.82, 2.24) is 20.5 Å². The number of hydrogen-bond donors (Lipinski definition) is 2. The van der Waals surface area contributed by atoms with Gasteiger partial charge in [0.1, 0.15) is 22.8 Å². The molecule has 15 heteroatoms. The summed E-state index contributed by atoms with van der Waals surface area (Å²) in [6.07, 6.45) is 1.12. The monoisotopic (exact) mass is 620 g/mol. The Hall–Kier alpha value is -4.11. The Morgan fingerprint density at radius 3 is 2.42 bits per heavy atom. The fourth-order valence-electron chi connectivity index (χ4n) is 5.01. The van der Waals surface area contributed by atoms with Crippen LogP contribution in [0.1, 0.15) is 35.5 Å². The third kappa shape index (κ3) is 7.10. The number of sulfone groups is 1. The van der Waals surface area contributed by atoms with Crippen molar-refractivity contribution in [3.8, 4) is 5.75 Å². The molecular weight excluding hydrogens is 590 g/mol. The predicted molar refractivity (Wildman–Crippen MR) is 148 cm³/mol. The molecule has 0 spiro atoms. The summed E-state index contributed by atoms with van der Waals surface area (Å²) in [6.45, 7) is -2.18. The van der Waals surface area contributed by atoms with Gasteiger partial charge in [-0.3, -0.25) is 9.59 Å². The number of amides is 3. The molecule has 1 saturated heterocycles. The van der Waals surface area contributed by atoms with E-state index in [2.05, 4.69) is 20.4 Å². The first-order valence-corrected chi connectivity index (χ1v) is 15.5. The summed E-state index contributed by atoms with van der Waals surface area (Å²) in [5.74, 6) is -3.59. The number of nitrogens with one attached hydrogen (secondary N) is 2. The molecule has 2 aromatic carbocycles. The van der Waals surface area contributed by atoms with Gasteiger partial charge in [-0.2, -0.15) is 8.78 Å². The van der Waals surface area contributed by atoms with Crippen LogP contribution >= 0.6 is 0 Å². The number of ketones is 1. The van der Waals surface area contributed by atoms with Crippen molar-refractivity contribution >= 4 is 38.7 Å². The highest BCUT2D eigenvalue weighted by molar-refractivity contribution is 7.90. The van der Waals surface area contributed by atoms with E-state index in [1.807, 2.05) is 0 Å². The lowest BCUT2D eigenvalue weighted by Gasteiger charge is -2.41. The lowest BCUT2D eigenvalue weighted by Crippen LogP contribution is -2.64. The molecule has 1 unspecified atom stereocenters. The number of morpholine rings is 1. The molecule has 1 atom stereocenters. The molecule has 3 aromatic rings. The third-order valence-corrected chi connectivity index (χ3v) is 8.98. The van der Waals surface area contributed by atoms with Gasteiger partial charge in [-0.1, -0.05) is 30.3 Å². The normalized spacial score (nSPS) is 17.2. The summed E-state index contributed by atoms with van der Waals surface area (Å²) < 4.78 is 67.7. The summed E-state index contributed by atoms with van der Waals surface area (Å²) in [5.41, 5.74) is -0.585. The zero-order chi connectivity index (χ0) is 30.6. The Kier molecular flexibility index (Phi) is 8.92. The maximum absolute atomic E-state index is 13.7. The highest BCUT2D eigenvalue weighted by atomic mass is 32.2. The highest BCUT2D eigenvalue weighted by Crippen LogP contribution is 2.36. The number of halogens is 2. The van der Waals surface area contributed by atoms with Crippen molar-refractivity contribution in [3.63, 3.8) is 0 Å². The Bertz CT molecular complexity index is 1570. The summed E-state index contributed by atoms with van der Waals surface area (Å²) in [4.78, 5) is 45.8. The molecule has 2 N–H and O–H groups in total. The van der Waals surface area contributed by atoms with Crippen molar-refractivity contribution in [2.75, 3.05) is 32.1 Å². The van der Waals surface area contributed by atoms with E-state index in [0.29, 0.717) is 17.5 Å². The van der Waals surface area contributed by atoms with Crippen molar-refractivity contribution in [3.05, 3.63) is 60.0 Å². The molecule has 230 valence electrons. The predicted octanol–water partition coefficient (Wildman–Crippen LogP) is 2.68. The molecule has 43 heavy (non-hydrogen) atoms. The SMILES string of the molecule is O=C(NC1(C(=O)c2nc3ccccc3o2)CCC1)C(CS(=O)(=O)Cc1ccccc1OC(F)F)NC(=O)N1CCOCC1. The number of Topliss-reactive ketones (excluding diaryl/α,β-unsaturated/α-hetero) is 1. The Morgan fingerprint density at radius 1 is 1.05 bits per heavy atom. The van der Waals surface area contributed by atoms with Crippen LogP contribution < -0.4 is 15.4 Å². The number of oxazole rings is 1. The molecule has 2 heterocycles. The number of fused-ring (bicyclic) bond motifs is 1. The molecule has 3 amide bonds. The molecule has 0 radical (unpaired) electrons. The molecule has 12 nitrogen and oxygen atoms in total. The van der Waals surface area contributed by atoms with Gasteiger partial charge in [0.25, 0.3) is 5.89 Å². The molecular formula is C28H30F2N4O8S. The summed E-state index contributed by atoms with van der Waals surface area (Å²) in [5, 5.41) is 5.15. The van der Waals surface area contributed by atoms with Crippen LogP contribution in [0.15, 0.2) is 52.9 Å². The van der Waals surface area contributed by atoms with Crippen LogP contribution in [0.4, 0.5) is 13.6 Å². The number of alkyl halides is 2. The van der Waals surface area contributed by atoms with Crippen LogP contribution in [-0.2, 0) is 25.1 Å². The lowest BCUT2D eigenvalue weighted by atomic mass is 9.73. The molecule has 2 fully saturated rings. The van der Waals surface area contributed by atoms with Gasteiger partial charge in [-0.25, -0.2) is 18.2 Å². The van der Waals surface area contributed by atoms with Gasteiger partial charge < -0.3 is 29.4 Å². The number of carbonyl (C=O) groups is 3. The molecule has 5 rings (SSSR count). The van der Waals surface area contributed by atoms with Gasteiger partial charge in [0.05, 0.1) is 24.7 Å². The molecule has 1 aliphatic carbocycles. The van der Waals surface area contributed by atoms with Crippen molar-refractivity contribution < 1.29 is 45.5 Å². The quantitative estimate of drug-likeness (QED) is 0.308. The van der Waals surface area contributed by atoms with Crippen molar-refractivity contribution in [1.29, 1.82) is 0 Å². The van der Waals surface area contributed by atoms with E-state index in [0.717, 1.165) is 0 Å². The largest absolute Gasteiger partial charge is 0.435 e. The van der Waals surface area contributed by atoms with Crippen LogP contribution in [0.25, 0.3) is 11.1 Å². The number of nitrogens with zero attached hydrogens (tertiary/aromatic N) is 2. The van der Waals surface area contributed by atoms with Crippen molar-refractivity contribution in [2.24, 2.45) is 0 Å². The van der Waals surface area contributed by atoms with E-state index in [9.17, 15) is 31.6 Å². The van der Waals surface area contributed by atoms with Crippen LogP contribution in [0.3, 0.4) is 0 Å². The van der Waals surface area contributed by atoms with Gasteiger partial charge in [-0.05, 0) is 37.5 Å². The molecule has 1 aliphatic heterocycles. The molecule has 2 aliphatic rings. The zero-order valence-corrected chi connectivity index (χ0v) is 23.8. The van der Waals surface area contributed by atoms with E-state index >= 15 is 0 Å². The van der Waals surface area contributed by atoms with Crippen LogP contribution in [-0.4, -0.2) is 86.3 Å². The first-order valence-electron chi connectivity index (χ1n) is 13.6. The number of hydrogen-bond acceptors (Lipinski definition) is 9. The number of benzene rings is 2.